The summed E-state index contributed by atoms with van der Waals surface area (Å²) in [5.74, 6) is 1.62. The molecule has 0 aliphatic heterocycles. The summed E-state index contributed by atoms with van der Waals surface area (Å²) >= 11 is 0. The Morgan fingerprint density at radius 3 is 2.34 bits per heavy atom. The standard InChI is InChI=1S/C20H27FN4O3S/c1-14(2)29(26,27)25-17-7-3-15(4-8-17)13-22-19-11-12-20(24-23-19)28-18-9-5-16(21)6-10-18/h5-6,9-12,14-15,17,25H,3-4,7-8,13H2,1-2H3,(H,22,23)/t15-,17-. The molecule has 158 valence electrons. The van der Waals surface area contributed by atoms with E-state index in [1.54, 1.807) is 26.0 Å². The van der Waals surface area contributed by atoms with Crippen LogP contribution in [-0.2, 0) is 10.0 Å². The van der Waals surface area contributed by atoms with E-state index in [4.69, 9.17) is 4.74 Å². The highest BCUT2D eigenvalue weighted by Crippen LogP contribution is 2.26. The van der Waals surface area contributed by atoms with Gasteiger partial charge in [-0.25, -0.2) is 17.5 Å². The van der Waals surface area contributed by atoms with Crippen LogP contribution in [0.3, 0.4) is 0 Å². The lowest BCUT2D eigenvalue weighted by Crippen LogP contribution is -2.41. The number of nitrogens with zero attached hydrogens (tertiary/aromatic N) is 2. The fourth-order valence-corrected chi connectivity index (χ4v) is 4.17. The number of ether oxygens (including phenoxy) is 1. The lowest BCUT2D eigenvalue weighted by Gasteiger charge is -2.29. The molecule has 0 bridgehead atoms. The zero-order valence-electron chi connectivity index (χ0n) is 16.6. The zero-order chi connectivity index (χ0) is 20.9. The Bertz CT molecular complexity index is 881. The van der Waals surface area contributed by atoms with Crippen LogP contribution in [0.5, 0.6) is 11.6 Å². The third kappa shape index (κ3) is 6.37. The van der Waals surface area contributed by atoms with Crippen molar-refractivity contribution in [3.8, 4) is 11.6 Å². The minimum atomic E-state index is -3.21. The number of rotatable bonds is 8. The molecule has 1 aromatic carbocycles. The number of aromatic nitrogens is 2. The maximum absolute atomic E-state index is 12.9. The van der Waals surface area contributed by atoms with Crippen molar-refractivity contribution < 1.29 is 17.5 Å². The lowest BCUT2D eigenvalue weighted by atomic mass is 9.86. The van der Waals surface area contributed by atoms with Crippen LogP contribution in [-0.4, -0.2) is 36.5 Å². The molecule has 2 N–H and O–H groups in total. The molecule has 1 aliphatic rings. The third-order valence-electron chi connectivity index (χ3n) is 5.05. The van der Waals surface area contributed by atoms with Crippen LogP contribution in [0.15, 0.2) is 36.4 Å². The number of hydrogen-bond acceptors (Lipinski definition) is 6. The molecule has 0 amide bonds. The van der Waals surface area contributed by atoms with Gasteiger partial charge in [0.15, 0.2) is 0 Å². The Morgan fingerprint density at radius 2 is 1.76 bits per heavy atom. The van der Waals surface area contributed by atoms with Gasteiger partial charge in [0.05, 0.1) is 5.25 Å². The number of nitrogens with one attached hydrogen (secondary N) is 2. The van der Waals surface area contributed by atoms with E-state index in [0.29, 0.717) is 23.4 Å². The average molecular weight is 423 g/mol. The van der Waals surface area contributed by atoms with Crippen molar-refractivity contribution >= 4 is 15.8 Å². The van der Waals surface area contributed by atoms with Gasteiger partial charge in [-0.1, -0.05) is 0 Å². The van der Waals surface area contributed by atoms with E-state index in [1.807, 2.05) is 0 Å². The second-order valence-corrected chi connectivity index (χ2v) is 9.89. The number of halogens is 1. The van der Waals surface area contributed by atoms with Crippen LogP contribution in [0, 0.1) is 11.7 Å². The highest BCUT2D eigenvalue weighted by Gasteiger charge is 2.26. The van der Waals surface area contributed by atoms with Gasteiger partial charge in [0, 0.05) is 18.7 Å². The smallest absolute Gasteiger partial charge is 0.238 e. The van der Waals surface area contributed by atoms with Gasteiger partial charge in [-0.15, -0.1) is 10.2 Å². The molecule has 0 spiro atoms. The molecule has 0 saturated heterocycles. The Hall–Kier alpha value is -2.26. The van der Waals surface area contributed by atoms with Crippen LogP contribution < -0.4 is 14.8 Å². The van der Waals surface area contributed by atoms with E-state index >= 15 is 0 Å². The molecule has 7 nitrogen and oxygen atoms in total. The first-order valence-electron chi connectivity index (χ1n) is 9.84. The Labute approximate surface area is 171 Å². The summed E-state index contributed by atoms with van der Waals surface area (Å²) in [6.45, 7) is 4.14. The van der Waals surface area contributed by atoms with E-state index in [2.05, 4.69) is 20.2 Å². The predicted octanol–water partition coefficient (Wildman–Crippen LogP) is 3.71. The van der Waals surface area contributed by atoms with Crippen LogP contribution in [0.2, 0.25) is 0 Å². The number of benzene rings is 1. The van der Waals surface area contributed by atoms with Crippen molar-refractivity contribution in [1.29, 1.82) is 0 Å². The molecular formula is C20H27FN4O3S. The van der Waals surface area contributed by atoms with E-state index in [-0.39, 0.29) is 11.9 Å². The Balaban J connectivity index is 1.42. The molecule has 2 aromatic rings. The van der Waals surface area contributed by atoms with Gasteiger partial charge in [-0.2, -0.15) is 0 Å². The summed E-state index contributed by atoms with van der Waals surface area (Å²) in [6.07, 6.45) is 3.60. The van der Waals surface area contributed by atoms with Gasteiger partial charge in [0.1, 0.15) is 17.4 Å². The molecule has 9 heteroatoms. The zero-order valence-corrected chi connectivity index (χ0v) is 17.5. The first kappa shape index (κ1) is 21.4. The van der Waals surface area contributed by atoms with Crippen molar-refractivity contribution in [3.63, 3.8) is 0 Å². The van der Waals surface area contributed by atoms with Crippen molar-refractivity contribution in [1.82, 2.24) is 14.9 Å². The highest BCUT2D eigenvalue weighted by molar-refractivity contribution is 7.90. The van der Waals surface area contributed by atoms with E-state index in [9.17, 15) is 12.8 Å². The van der Waals surface area contributed by atoms with Crippen LogP contribution in [0.1, 0.15) is 39.5 Å². The summed E-state index contributed by atoms with van der Waals surface area (Å²) < 4.78 is 45.2. The van der Waals surface area contributed by atoms with Crippen molar-refractivity contribution in [2.75, 3.05) is 11.9 Å². The maximum atomic E-state index is 12.9. The Morgan fingerprint density at radius 1 is 1.07 bits per heavy atom. The molecule has 0 atom stereocenters. The molecule has 1 fully saturated rings. The largest absolute Gasteiger partial charge is 0.438 e. The molecule has 1 aliphatic carbocycles. The Kier molecular flexibility index (Phi) is 7.02. The predicted molar refractivity (Wildman–Crippen MR) is 110 cm³/mol. The minimum Gasteiger partial charge on any atom is -0.438 e. The molecule has 0 unspecified atom stereocenters. The van der Waals surface area contributed by atoms with Gasteiger partial charge in [-0.05, 0) is 75.8 Å². The van der Waals surface area contributed by atoms with Crippen LogP contribution in [0.4, 0.5) is 10.2 Å². The van der Waals surface area contributed by atoms with Gasteiger partial charge in [0.2, 0.25) is 15.9 Å². The third-order valence-corrected chi connectivity index (χ3v) is 6.95. The summed E-state index contributed by atoms with van der Waals surface area (Å²) in [5, 5.41) is 11.0. The monoisotopic (exact) mass is 422 g/mol. The number of sulfonamides is 1. The normalized spacial score (nSPS) is 19.9. The van der Waals surface area contributed by atoms with Crippen molar-refractivity contribution in [2.45, 2.75) is 50.8 Å². The summed E-state index contributed by atoms with van der Waals surface area (Å²) in [6, 6.07) is 9.22. The maximum Gasteiger partial charge on any atom is 0.238 e. The summed E-state index contributed by atoms with van der Waals surface area (Å²) in [5.41, 5.74) is 0. The summed E-state index contributed by atoms with van der Waals surface area (Å²) in [7, 11) is -3.21. The van der Waals surface area contributed by atoms with Crippen LogP contribution in [0.25, 0.3) is 0 Å². The first-order chi connectivity index (χ1) is 13.8. The molecule has 1 aromatic heterocycles. The van der Waals surface area contributed by atoms with Crippen molar-refractivity contribution in [3.05, 3.63) is 42.2 Å². The van der Waals surface area contributed by atoms with E-state index in [1.165, 1.54) is 24.3 Å². The molecule has 1 heterocycles. The SMILES string of the molecule is CC(C)S(=O)(=O)N[C@H]1CC[C@H](CNc2ccc(Oc3ccc(F)cc3)nn2)CC1. The fourth-order valence-electron chi connectivity index (χ4n) is 3.19. The molecule has 3 rings (SSSR count). The average Bonchev–Trinajstić information content (AvgIpc) is 2.70. The van der Waals surface area contributed by atoms with E-state index < -0.39 is 15.3 Å². The molecule has 0 radical (unpaired) electrons. The second kappa shape index (κ2) is 9.49. The minimum absolute atomic E-state index is 0.0290. The topological polar surface area (TPSA) is 93.2 Å². The second-order valence-electron chi connectivity index (χ2n) is 7.62. The number of hydrogen-bond donors (Lipinski definition) is 2. The van der Waals surface area contributed by atoms with Crippen molar-refractivity contribution in [2.24, 2.45) is 5.92 Å². The van der Waals surface area contributed by atoms with Gasteiger partial charge >= 0.3 is 0 Å². The lowest BCUT2D eigenvalue weighted by molar-refractivity contribution is 0.323. The summed E-state index contributed by atoms with van der Waals surface area (Å²) in [4.78, 5) is 0. The first-order valence-corrected chi connectivity index (χ1v) is 11.4. The van der Waals surface area contributed by atoms with Crippen LogP contribution >= 0.6 is 0 Å². The van der Waals surface area contributed by atoms with Gasteiger partial charge in [0.25, 0.3) is 0 Å². The molecule has 1 saturated carbocycles. The van der Waals surface area contributed by atoms with Gasteiger partial charge in [-0.3, -0.25) is 0 Å². The van der Waals surface area contributed by atoms with Gasteiger partial charge < -0.3 is 10.1 Å². The molecular weight excluding hydrogens is 395 g/mol. The number of anilines is 1. The van der Waals surface area contributed by atoms with E-state index in [0.717, 1.165) is 32.2 Å². The highest BCUT2D eigenvalue weighted by atomic mass is 32.2. The molecule has 29 heavy (non-hydrogen) atoms. The quantitative estimate of drug-likeness (QED) is 0.674. The fraction of sp³-hybridized carbons (Fsp3) is 0.500.